The van der Waals surface area contributed by atoms with Gasteiger partial charge in [0.25, 0.3) is 0 Å². The quantitative estimate of drug-likeness (QED) is 0.0890. The molecule has 0 aliphatic carbocycles. The summed E-state index contributed by atoms with van der Waals surface area (Å²) in [5.41, 5.74) is 23.5. The van der Waals surface area contributed by atoms with E-state index in [9.17, 15) is 0 Å². The molecule has 0 fully saturated rings. The van der Waals surface area contributed by atoms with Gasteiger partial charge < -0.3 is 9.80 Å². The summed E-state index contributed by atoms with van der Waals surface area (Å²) in [6.45, 7) is 22.1. The molecule has 0 spiro atoms. The van der Waals surface area contributed by atoms with Crippen molar-refractivity contribution in [1.29, 1.82) is 0 Å². The minimum atomic E-state index is 0.510. The molecule has 0 aliphatic heterocycles. The topological polar surface area (TPSA) is 6.48 Å². The second-order valence-electron chi connectivity index (χ2n) is 19.9. The number of anilines is 6. The summed E-state index contributed by atoms with van der Waals surface area (Å²) in [6.07, 6.45) is 6.66. The molecule has 11 aromatic rings. The third-order valence-electron chi connectivity index (χ3n) is 14.7. The standard InChI is InChI=1S/C65H54N2.C12H12.2C2H6/c1-4-48(3)49-22-34-60(35-23-49)66(65-44-32-57(33-45-65)59-17-11-16-58(46-59)56-20-18-47(2)19-21-56)63-40-28-54(29-41-63)55-30-42-64(43-31-55)67(61-36-24-52(25-37-61)50-12-7-5-8-13-50)62-38-26-53(27-39-62)51-14-9-6-10-15-51;1-3-8-11(4-2)12-9-6-5-7-10-12;2*1-2/h5-46,48H,4H2,1-3H3;3-10H,1-2H2;2*1-2H3/b;11-8+;;. The maximum Gasteiger partial charge on any atom is 0.0462 e. The highest BCUT2D eigenvalue weighted by atomic mass is 15.1. The van der Waals surface area contributed by atoms with Gasteiger partial charge in [0.05, 0.1) is 0 Å². The first kappa shape index (κ1) is 59.4. The molecule has 0 aromatic heterocycles. The monoisotopic (exact) mass is 1080 g/mol. The van der Waals surface area contributed by atoms with Crippen molar-refractivity contribution < 1.29 is 0 Å². The fourth-order valence-corrected chi connectivity index (χ4v) is 10.0. The minimum Gasteiger partial charge on any atom is -0.311 e. The van der Waals surface area contributed by atoms with Crippen LogP contribution in [0.25, 0.3) is 61.2 Å². The summed E-state index contributed by atoms with van der Waals surface area (Å²) in [6, 6.07) is 103. The highest BCUT2D eigenvalue weighted by Gasteiger charge is 2.17. The lowest BCUT2D eigenvalue weighted by Gasteiger charge is -2.27. The maximum atomic E-state index is 3.74. The molecule has 11 rings (SSSR count). The molecule has 0 heterocycles. The zero-order valence-corrected chi connectivity index (χ0v) is 49.5. The van der Waals surface area contributed by atoms with Gasteiger partial charge in [-0.2, -0.15) is 0 Å². The highest BCUT2D eigenvalue weighted by molar-refractivity contribution is 5.84. The SMILES string of the molecule is C=C/C=C(\C=C)c1ccccc1.CC.CC.CCC(C)c1ccc(N(c2ccc(-c3ccc(N(c4ccc(-c5ccccc5)cc4)c4ccc(-c5ccccc5)cc4)cc3)cc2)c2ccc(-c3cccc(-c4ccc(C)cc4)c3)cc2)cc1. The van der Waals surface area contributed by atoms with E-state index in [2.05, 4.69) is 311 Å². The van der Waals surface area contributed by atoms with Crippen LogP contribution in [0.5, 0.6) is 0 Å². The normalized spacial score (nSPS) is 11.0. The van der Waals surface area contributed by atoms with E-state index in [1.165, 1.54) is 61.2 Å². The summed E-state index contributed by atoms with van der Waals surface area (Å²) in [7, 11) is 0. The molecular weight excluding hydrogens is 1000 g/mol. The minimum absolute atomic E-state index is 0.510. The fraction of sp³-hybridized carbons (Fsp3) is 0.111. The predicted octanol–water partition coefficient (Wildman–Crippen LogP) is 24.3. The Balaban J connectivity index is 0.000000494. The third-order valence-corrected chi connectivity index (χ3v) is 14.7. The van der Waals surface area contributed by atoms with Gasteiger partial charge in [-0.3, -0.25) is 0 Å². The van der Waals surface area contributed by atoms with Crippen molar-refractivity contribution in [2.75, 3.05) is 9.80 Å². The summed E-state index contributed by atoms with van der Waals surface area (Å²) < 4.78 is 0. The van der Waals surface area contributed by atoms with Gasteiger partial charge in [0.2, 0.25) is 0 Å². The third kappa shape index (κ3) is 15.2. The summed E-state index contributed by atoms with van der Waals surface area (Å²) >= 11 is 0. The lowest BCUT2D eigenvalue weighted by Crippen LogP contribution is -2.10. The largest absolute Gasteiger partial charge is 0.311 e. The van der Waals surface area contributed by atoms with Crippen molar-refractivity contribution in [3.63, 3.8) is 0 Å². The van der Waals surface area contributed by atoms with Crippen LogP contribution in [0.15, 0.2) is 317 Å². The van der Waals surface area contributed by atoms with Gasteiger partial charge in [0.1, 0.15) is 0 Å². The zero-order valence-electron chi connectivity index (χ0n) is 49.5. The molecular formula is C81H78N2. The molecule has 0 N–H and O–H groups in total. The lowest BCUT2D eigenvalue weighted by molar-refractivity contribution is 0.733. The molecule has 2 nitrogen and oxygen atoms in total. The summed E-state index contributed by atoms with van der Waals surface area (Å²) in [5, 5.41) is 0. The molecule has 0 aliphatic rings. The van der Waals surface area contributed by atoms with E-state index in [0.717, 1.165) is 57.2 Å². The van der Waals surface area contributed by atoms with Crippen molar-refractivity contribution in [3.05, 3.63) is 333 Å². The average Bonchev–Trinajstić information content (AvgIpc) is 3.75. The van der Waals surface area contributed by atoms with E-state index >= 15 is 0 Å². The second-order valence-corrected chi connectivity index (χ2v) is 19.9. The van der Waals surface area contributed by atoms with Crippen molar-refractivity contribution >= 4 is 39.7 Å². The van der Waals surface area contributed by atoms with Crippen molar-refractivity contribution in [2.24, 2.45) is 0 Å². The fourth-order valence-electron chi connectivity index (χ4n) is 10.0. The molecule has 0 radical (unpaired) electrons. The molecule has 0 bridgehead atoms. The van der Waals surface area contributed by atoms with E-state index < -0.39 is 0 Å². The first-order valence-corrected chi connectivity index (χ1v) is 29.4. The van der Waals surface area contributed by atoms with Crippen LogP contribution in [-0.4, -0.2) is 0 Å². The molecule has 412 valence electrons. The van der Waals surface area contributed by atoms with Crippen LogP contribution in [-0.2, 0) is 0 Å². The van der Waals surface area contributed by atoms with Crippen LogP contribution < -0.4 is 9.80 Å². The van der Waals surface area contributed by atoms with Gasteiger partial charge >= 0.3 is 0 Å². The number of nitrogens with zero attached hydrogens (tertiary/aromatic N) is 2. The number of hydrogen-bond acceptors (Lipinski definition) is 2. The van der Waals surface area contributed by atoms with Gasteiger partial charge in [-0.25, -0.2) is 0 Å². The van der Waals surface area contributed by atoms with E-state index in [1.54, 1.807) is 6.08 Å². The Morgan fingerprint density at radius 2 is 0.627 bits per heavy atom. The van der Waals surface area contributed by atoms with Crippen LogP contribution in [0.2, 0.25) is 0 Å². The maximum absolute atomic E-state index is 3.74. The van der Waals surface area contributed by atoms with E-state index in [4.69, 9.17) is 0 Å². The Kier molecular flexibility index (Phi) is 21.6. The van der Waals surface area contributed by atoms with E-state index in [0.29, 0.717) is 5.92 Å². The predicted molar refractivity (Wildman–Crippen MR) is 364 cm³/mol. The van der Waals surface area contributed by atoms with Crippen molar-refractivity contribution in [2.45, 2.75) is 60.8 Å². The number of aryl methyl sites for hydroxylation is 1. The molecule has 1 atom stereocenters. The smallest absolute Gasteiger partial charge is 0.0462 e. The van der Waals surface area contributed by atoms with Gasteiger partial charge in [-0.05, 0) is 170 Å². The van der Waals surface area contributed by atoms with Gasteiger partial charge in [-0.15, -0.1) is 0 Å². The van der Waals surface area contributed by atoms with Crippen LogP contribution in [0.1, 0.15) is 70.6 Å². The average molecular weight is 1080 g/mol. The molecule has 11 aromatic carbocycles. The molecule has 0 saturated carbocycles. The van der Waals surface area contributed by atoms with Gasteiger partial charge in [-0.1, -0.05) is 285 Å². The summed E-state index contributed by atoms with van der Waals surface area (Å²) in [5.74, 6) is 0.510. The van der Waals surface area contributed by atoms with Crippen LogP contribution in [0, 0.1) is 6.92 Å². The zero-order chi connectivity index (χ0) is 58.3. The molecule has 0 saturated heterocycles. The Morgan fingerprint density at radius 1 is 0.349 bits per heavy atom. The first-order valence-electron chi connectivity index (χ1n) is 29.4. The molecule has 83 heavy (non-hydrogen) atoms. The molecule has 0 amide bonds. The van der Waals surface area contributed by atoms with Crippen LogP contribution in [0.3, 0.4) is 0 Å². The first-order chi connectivity index (χ1) is 40.8. The number of benzene rings is 11. The van der Waals surface area contributed by atoms with Crippen LogP contribution >= 0.6 is 0 Å². The number of hydrogen-bond donors (Lipinski definition) is 0. The number of rotatable bonds is 16. The van der Waals surface area contributed by atoms with Crippen molar-refractivity contribution in [3.8, 4) is 55.6 Å². The lowest BCUT2D eigenvalue weighted by atomic mass is 9.97. The molecule has 1 unspecified atom stereocenters. The van der Waals surface area contributed by atoms with E-state index in [-0.39, 0.29) is 0 Å². The second kappa shape index (κ2) is 30.2. The summed E-state index contributed by atoms with van der Waals surface area (Å²) in [4.78, 5) is 4.71. The Labute approximate surface area is 496 Å². The Hall–Kier alpha value is -9.76. The van der Waals surface area contributed by atoms with Gasteiger partial charge in [0, 0.05) is 34.1 Å². The Bertz CT molecular complexity index is 3650. The number of allylic oxidation sites excluding steroid dienone is 4. The van der Waals surface area contributed by atoms with Gasteiger partial charge in [0.15, 0.2) is 0 Å². The van der Waals surface area contributed by atoms with Crippen molar-refractivity contribution in [1.82, 2.24) is 0 Å². The van der Waals surface area contributed by atoms with E-state index in [1.807, 2.05) is 58.0 Å². The molecule has 2 heteroatoms. The highest BCUT2D eigenvalue weighted by Crippen LogP contribution is 2.41. The Morgan fingerprint density at radius 3 is 0.940 bits per heavy atom. The van der Waals surface area contributed by atoms with Crippen LogP contribution in [0.4, 0.5) is 34.1 Å².